The summed E-state index contributed by atoms with van der Waals surface area (Å²) in [6.45, 7) is 0. The smallest absolute Gasteiger partial charge is 0.0785 e. The first-order chi connectivity index (χ1) is 6.70. The Morgan fingerprint density at radius 2 is 1.71 bits per heavy atom. The lowest BCUT2D eigenvalue weighted by Gasteiger charge is -2.04. The van der Waals surface area contributed by atoms with E-state index in [1.54, 1.807) is 17.4 Å². The Kier molecular flexibility index (Phi) is 3.03. The summed E-state index contributed by atoms with van der Waals surface area (Å²) >= 11 is 19.5. The third-order valence-corrected chi connectivity index (χ3v) is 4.02. The van der Waals surface area contributed by atoms with Crippen LogP contribution in [0, 0.1) is 0 Å². The number of halogens is 3. The molecule has 0 saturated heterocycles. The molecule has 1 aromatic heterocycles. The monoisotopic (exact) mass is 262 g/mol. The highest BCUT2D eigenvalue weighted by atomic mass is 35.5. The van der Waals surface area contributed by atoms with Gasteiger partial charge in [-0.2, -0.15) is 0 Å². The number of hydrogen-bond acceptors (Lipinski definition) is 1. The molecule has 14 heavy (non-hydrogen) atoms. The van der Waals surface area contributed by atoms with Crippen LogP contribution < -0.4 is 0 Å². The van der Waals surface area contributed by atoms with E-state index in [2.05, 4.69) is 0 Å². The Bertz CT molecular complexity index is 449. The fourth-order valence-electron chi connectivity index (χ4n) is 1.15. The van der Waals surface area contributed by atoms with Crippen LogP contribution >= 0.6 is 46.1 Å². The largest absolute Gasteiger partial charge is 0.144 e. The standard InChI is InChI=1S/C10H5Cl3S/c11-7-4-3-6(9(12)10(7)13)8-2-1-5-14-8/h1-5H. The molecule has 0 spiro atoms. The second-order valence-electron chi connectivity index (χ2n) is 2.70. The second-order valence-corrected chi connectivity index (χ2v) is 4.81. The van der Waals surface area contributed by atoms with Gasteiger partial charge in [0.25, 0.3) is 0 Å². The quantitative estimate of drug-likeness (QED) is 0.606. The zero-order valence-electron chi connectivity index (χ0n) is 6.93. The van der Waals surface area contributed by atoms with Crippen LogP contribution in [0.4, 0.5) is 0 Å². The topological polar surface area (TPSA) is 0 Å². The van der Waals surface area contributed by atoms with E-state index in [1.807, 2.05) is 23.6 Å². The molecule has 0 atom stereocenters. The highest BCUT2D eigenvalue weighted by molar-refractivity contribution is 7.13. The van der Waals surface area contributed by atoms with Crippen LogP contribution in [-0.4, -0.2) is 0 Å². The lowest BCUT2D eigenvalue weighted by molar-refractivity contribution is 1.69. The van der Waals surface area contributed by atoms with Crippen molar-refractivity contribution in [3.05, 3.63) is 44.7 Å². The molecule has 2 rings (SSSR count). The van der Waals surface area contributed by atoms with Gasteiger partial charge in [-0.3, -0.25) is 0 Å². The van der Waals surface area contributed by atoms with Crippen LogP contribution in [0.5, 0.6) is 0 Å². The van der Waals surface area contributed by atoms with Crippen molar-refractivity contribution in [2.45, 2.75) is 0 Å². The van der Waals surface area contributed by atoms with E-state index >= 15 is 0 Å². The van der Waals surface area contributed by atoms with Crippen molar-refractivity contribution in [2.24, 2.45) is 0 Å². The van der Waals surface area contributed by atoms with Crippen LogP contribution in [0.15, 0.2) is 29.6 Å². The molecule has 0 aliphatic carbocycles. The minimum absolute atomic E-state index is 0.416. The van der Waals surface area contributed by atoms with Crippen molar-refractivity contribution >= 4 is 46.1 Å². The third-order valence-electron chi connectivity index (χ3n) is 1.82. The molecule has 0 unspecified atom stereocenters. The fourth-order valence-corrected chi connectivity index (χ4v) is 2.60. The van der Waals surface area contributed by atoms with E-state index in [0.717, 1.165) is 10.4 Å². The summed E-state index contributed by atoms with van der Waals surface area (Å²) in [5, 5.41) is 3.41. The first-order valence-electron chi connectivity index (χ1n) is 3.87. The first kappa shape index (κ1) is 10.3. The lowest BCUT2D eigenvalue weighted by atomic mass is 10.2. The number of hydrogen-bond donors (Lipinski definition) is 0. The highest BCUT2D eigenvalue weighted by Gasteiger charge is 2.10. The van der Waals surface area contributed by atoms with Gasteiger partial charge in [-0.1, -0.05) is 46.9 Å². The van der Waals surface area contributed by atoms with E-state index in [9.17, 15) is 0 Å². The summed E-state index contributed by atoms with van der Waals surface area (Å²) < 4.78 is 0. The van der Waals surface area contributed by atoms with Crippen molar-refractivity contribution in [3.63, 3.8) is 0 Å². The van der Waals surface area contributed by atoms with Crippen LogP contribution in [0.3, 0.4) is 0 Å². The number of rotatable bonds is 1. The first-order valence-corrected chi connectivity index (χ1v) is 5.89. The summed E-state index contributed by atoms with van der Waals surface area (Å²) in [4.78, 5) is 1.09. The van der Waals surface area contributed by atoms with Crippen molar-refractivity contribution < 1.29 is 0 Å². The SMILES string of the molecule is Clc1ccc(-c2cccs2)c(Cl)c1Cl. The maximum Gasteiger partial charge on any atom is 0.0785 e. The normalized spacial score (nSPS) is 10.5. The summed E-state index contributed by atoms with van der Waals surface area (Å²) in [5.41, 5.74) is 0.927. The van der Waals surface area contributed by atoms with Crippen molar-refractivity contribution in [1.82, 2.24) is 0 Å². The summed E-state index contributed by atoms with van der Waals surface area (Å²) in [6, 6.07) is 7.60. The van der Waals surface area contributed by atoms with Gasteiger partial charge in [0.05, 0.1) is 15.1 Å². The van der Waals surface area contributed by atoms with E-state index in [1.165, 1.54) is 0 Å². The fraction of sp³-hybridized carbons (Fsp3) is 0. The molecule has 0 aliphatic heterocycles. The van der Waals surface area contributed by atoms with Crippen LogP contribution in [-0.2, 0) is 0 Å². The maximum absolute atomic E-state index is 6.08. The van der Waals surface area contributed by atoms with Crippen LogP contribution in [0.1, 0.15) is 0 Å². The zero-order valence-corrected chi connectivity index (χ0v) is 10.0. The predicted octanol–water partition coefficient (Wildman–Crippen LogP) is 5.38. The average molecular weight is 264 g/mol. The Balaban J connectivity index is 2.61. The predicted molar refractivity (Wildman–Crippen MR) is 64.8 cm³/mol. The van der Waals surface area contributed by atoms with Gasteiger partial charge >= 0.3 is 0 Å². The number of thiophene rings is 1. The molecular formula is C10H5Cl3S. The van der Waals surface area contributed by atoms with Crippen molar-refractivity contribution in [2.75, 3.05) is 0 Å². The maximum atomic E-state index is 6.08. The summed E-state index contributed by atoms with van der Waals surface area (Å²) in [6.07, 6.45) is 0. The van der Waals surface area contributed by atoms with Gasteiger partial charge in [0.1, 0.15) is 0 Å². The van der Waals surface area contributed by atoms with Crippen LogP contribution in [0.2, 0.25) is 15.1 Å². The minimum Gasteiger partial charge on any atom is -0.144 e. The molecule has 0 N–H and O–H groups in total. The molecule has 2 aromatic rings. The third kappa shape index (κ3) is 1.78. The molecule has 4 heteroatoms. The van der Waals surface area contributed by atoms with Gasteiger partial charge in [-0.15, -0.1) is 11.3 Å². The van der Waals surface area contributed by atoms with Gasteiger partial charge in [0.2, 0.25) is 0 Å². The Hall–Kier alpha value is -0.210. The molecule has 1 heterocycles. The molecule has 72 valence electrons. The second kappa shape index (κ2) is 4.11. The zero-order chi connectivity index (χ0) is 10.1. The molecule has 0 saturated carbocycles. The average Bonchev–Trinajstić information content (AvgIpc) is 2.67. The van der Waals surface area contributed by atoms with Gasteiger partial charge in [0, 0.05) is 10.4 Å². The number of benzene rings is 1. The summed E-state index contributed by atoms with van der Waals surface area (Å²) in [5.74, 6) is 0. The Morgan fingerprint density at radius 3 is 2.36 bits per heavy atom. The van der Waals surface area contributed by atoms with Gasteiger partial charge in [-0.25, -0.2) is 0 Å². The van der Waals surface area contributed by atoms with Crippen LogP contribution in [0.25, 0.3) is 10.4 Å². The lowest BCUT2D eigenvalue weighted by Crippen LogP contribution is -1.77. The minimum atomic E-state index is 0.416. The molecule has 0 aliphatic rings. The van der Waals surface area contributed by atoms with E-state index in [4.69, 9.17) is 34.8 Å². The van der Waals surface area contributed by atoms with E-state index in [0.29, 0.717) is 15.1 Å². The van der Waals surface area contributed by atoms with Gasteiger partial charge in [-0.05, 0) is 17.5 Å². The molecule has 0 radical (unpaired) electrons. The van der Waals surface area contributed by atoms with E-state index in [-0.39, 0.29) is 0 Å². The molecule has 0 bridgehead atoms. The highest BCUT2D eigenvalue weighted by Crippen LogP contribution is 2.39. The van der Waals surface area contributed by atoms with E-state index < -0.39 is 0 Å². The Morgan fingerprint density at radius 1 is 0.929 bits per heavy atom. The summed E-state index contributed by atoms with van der Waals surface area (Å²) in [7, 11) is 0. The molecule has 0 nitrogen and oxygen atoms in total. The van der Waals surface area contributed by atoms with Gasteiger partial charge in [0.15, 0.2) is 0 Å². The molecule has 1 aromatic carbocycles. The molecular weight excluding hydrogens is 259 g/mol. The van der Waals surface area contributed by atoms with Crippen molar-refractivity contribution in [1.29, 1.82) is 0 Å². The van der Waals surface area contributed by atoms with Crippen molar-refractivity contribution in [3.8, 4) is 10.4 Å². The Labute approximate surface area is 101 Å². The molecule has 0 amide bonds. The molecule has 0 fully saturated rings. The van der Waals surface area contributed by atoms with Gasteiger partial charge < -0.3 is 0 Å².